The van der Waals surface area contributed by atoms with E-state index in [1.807, 2.05) is 0 Å². The highest BCUT2D eigenvalue weighted by atomic mass is 16.4. The van der Waals surface area contributed by atoms with Crippen LogP contribution in [0.15, 0.2) is 0 Å². The van der Waals surface area contributed by atoms with E-state index < -0.39 is 18.1 Å². The first-order valence-electron chi connectivity index (χ1n) is 13.9. The fourth-order valence-electron chi connectivity index (χ4n) is 3.98. The van der Waals surface area contributed by atoms with Gasteiger partial charge in [-0.3, -0.25) is 14.4 Å². The lowest BCUT2D eigenvalue weighted by molar-refractivity contribution is -0.142. The van der Waals surface area contributed by atoms with Crippen LogP contribution in [0.1, 0.15) is 129 Å². The number of rotatable bonds is 24. The van der Waals surface area contributed by atoms with Crippen molar-refractivity contribution in [3.63, 3.8) is 0 Å². The van der Waals surface area contributed by atoms with Gasteiger partial charge in [0.05, 0.1) is 6.04 Å². The maximum atomic E-state index is 12.1. The zero-order chi connectivity index (χ0) is 26.3. The Labute approximate surface area is 212 Å². The predicted molar refractivity (Wildman–Crippen MR) is 140 cm³/mol. The zero-order valence-electron chi connectivity index (χ0n) is 22.2. The largest absolute Gasteiger partial charge is 0.480 e. The summed E-state index contributed by atoms with van der Waals surface area (Å²) in [6.07, 6.45) is 16.0. The zero-order valence-corrected chi connectivity index (χ0v) is 22.2. The third kappa shape index (κ3) is 20.0. The van der Waals surface area contributed by atoms with E-state index in [1.54, 1.807) is 6.92 Å². The molecular formula is C27H51N3O5. The van der Waals surface area contributed by atoms with E-state index >= 15 is 0 Å². The van der Waals surface area contributed by atoms with Gasteiger partial charge in [0.15, 0.2) is 0 Å². The van der Waals surface area contributed by atoms with Crippen LogP contribution in [0.3, 0.4) is 0 Å². The van der Waals surface area contributed by atoms with E-state index in [1.165, 1.54) is 51.4 Å². The molecule has 0 unspecified atom stereocenters. The Kier molecular flexibility index (Phi) is 21.2. The molecule has 8 nitrogen and oxygen atoms in total. The van der Waals surface area contributed by atoms with Gasteiger partial charge in [-0.05, 0) is 32.1 Å². The van der Waals surface area contributed by atoms with E-state index in [2.05, 4.69) is 17.6 Å². The van der Waals surface area contributed by atoms with Crippen LogP contribution >= 0.6 is 0 Å². The number of aliphatic carboxylic acids is 1. The molecule has 0 aromatic heterocycles. The number of nitrogens with two attached hydrogens (primary N) is 1. The van der Waals surface area contributed by atoms with E-state index in [0.29, 0.717) is 32.2 Å². The predicted octanol–water partition coefficient (Wildman–Crippen LogP) is 4.63. The number of carbonyl (C=O) groups is 4. The van der Waals surface area contributed by atoms with Gasteiger partial charge in [0.1, 0.15) is 11.8 Å². The second kappa shape index (κ2) is 22.5. The standard InChI is InChI=1S/C27H51N3O5/c1-3-5-6-7-8-9-10-11-12-13-14-18-26(33)30-23(27(34)35)19-20-25(32)29-21-16-15-17-22(28)24(31)4-2/h22-23H,3-21,28H2,1-2H3,(H,29,32)(H,30,33)(H,34,35)/t22-,23-/m0/s1. The Hall–Kier alpha value is -1.96. The van der Waals surface area contributed by atoms with Crippen molar-refractivity contribution in [3.05, 3.63) is 0 Å². The molecular weight excluding hydrogens is 446 g/mol. The van der Waals surface area contributed by atoms with Crippen molar-refractivity contribution in [1.29, 1.82) is 0 Å². The topological polar surface area (TPSA) is 139 Å². The number of Topliss-reactive ketones (excluding diaryl/α,β-unsaturated/α-hetero) is 1. The number of carboxylic acids is 1. The van der Waals surface area contributed by atoms with Crippen molar-refractivity contribution in [2.75, 3.05) is 6.54 Å². The average molecular weight is 498 g/mol. The van der Waals surface area contributed by atoms with Gasteiger partial charge in [-0.2, -0.15) is 0 Å². The molecule has 204 valence electrons. The Morgan fingerprint density at radius 3 is 1.83 bits per heavy atom. The number of nitrogens with one attached hydrogen (secondary N) is 2. The molecule has 2 atom stereocenters. The maximum Gasteiger partial charge on any atom is 0.326 e. The lowest BCUT2D eigenvalue weighted by Crippen LogP contribution is -2.41. The molecule has 0 aromatic rings. The Morgan fingerprint density at radius 1 is 0.714 bits per heavy atom. The molecule has 0 aliphatic carbocycles. The first kappa shape index (κ1) is 33.0. The highest BCUT2D eigenvalue weighted by molar-refractivity contribution is 5.84. The van der Waals surface area contributed by atoms with Gasteiger partial charge in [0.25, 0.3) is 0 Å². The monoisotopic (exact) mass is 497 g/mol. The highest BCUT2D eigenvalue weighted by Crippen LogP contribution is 2.12. The molecule has 0 bridgehead atoms. The smallest absolute Gasteiger partial charge is 0.326 e. The number of carbonyl (C=O) groups excluding carboxylic acids is 3. The van der Waals surface area contributed by atoms with Crippen LogP contribution in [-0.2, 0) is 19.2 Å². The van der Waals surface area contributed by atoms with Crippen molar-refractivity contribution in [2.24, 2.45) is 5.73 Å². The highest BCUT2D eigenvalue weighted by Gasteiger charge is 2.20. The summed E-state index contributed by atoms with van der Waals surface area (Å²) < 4.78 is 0. The van der Waals surface area contributed by atoms with Gasteiger partial charge in [0, 0.05) is 25.8 Å². The van der Waals surface area contributed by atoms with E-state index in [9.17, 15) is 24.3 Å². The van der Waals surface area contributed by atoms with Gasteiger partial charge >= 0.3 is 5.97 Å². The molecule has 0 saturated heterocycles. The number of ketones is 1. The lowest BCUT2D eigenvalue weighted by atomic mass is 10.0. The molecule has 0 radical (unpaired) electrons. The van der Waals surface area contributed by atoms with Crippen LogP contribution in [0.2, 0.25) is 0 Å². The molecule has 0 aliphatic rings. The second-order valence-electron chi connectivity index (χ2n) is 9.55. The van der Waals surface area contributed by atoms with Gasteiger partial charge < -0.3 is 21.5 Å². The van der Waals surface area contributed by atoms with E-state index in [4.69, 9.17) is 5.73 Å². The Morgan fingerprint density at radius 2 is 1.29 bits per heavy atom. The SMILES string of the molecule is CCCCCCCCCCCCCC(=O)N[C@@H](CCC(=O)NCCCC[C@H](N)C(=O)CC)C(=O)O. The molecule has 0 fully saturated rings. The first-order chi connectivity index (χ1) is 16.8. The maximum absolute atomic E-state index is 12.1. The molecule has 0 aromatic carbocycles. The summed E-state index contributed by atoms with van der Waals surface area (Å²) in [6.45, 7) is 4.46. The summed E-state index contributed by atoms with van der Waals surface area (Å²) in [5.74, 6) is -1.60. The summed E-state index contributed by atoms with van der Waals surface area (Å²) in [6, 6.07) is -1.50. The van der Waals surface area contributed by atoms with E-state index in [-0.39, 0.29) is 30.4 Å². The molecule has 5 N–H and O–H groups in total. The second-order valence-corrected chi connectivity index (χ2v) is 9.55. The van der Waals surface area contributed by atoms with E-state index in [0.717, 1.165) is 25.7 Å². The Balaban J connectivity index is 3.86. The fourth-order valence-corrected chi connectivity index (χ4v) is 3.98. The number of hydrogen-bond acceptors (Lipinski definition) is 5. The number of unbranched alkanes of at least 4 members (excludes halogenated alkanes) is 11. The van der Waals surface area contributed by atoms with Crippen LogP contribution in [0.25, 0.3) is 0 Å². The summed E-state index contributed by atoms with van der Waals surface area (Å²) in [5, 5.41) is 14.7. The van der Waals surface area contributed by atoms with Crippen LogP contribution in [-0.4, -0.2) is 47.3 Å². The van der Waals surface area contributed by atoms with Crippen molar-refractivity contribution in [1.82, 2.24) is 10.6 Å². The number of hydrogen-bond donors (Lipinski definition) is 4. The summed E-state index contributed by atoms with van der Waals surface area (Å²) in [4.78, 5) is 47.0. The van der Waals surface area contributed by atoms with Crippen LogP contribution in [0.5, 0.6) is 0 Å². The fraction of sp³-hybridized carbons (Fsp3) is 0.852. The summed E-state index contributed by atoms with van der Waals surface area (Å²) >= 11 is 0. The molecule has 0 saturated carbocycles. The summed E-state index contributed by atoms with van der Waals surface area (Å²) in [5.41, 5.74) is 5.77. The average Bonchev–Trinajstić information content (AvgIpc) is 2.83. The molecule has 0 rings (SSSR count). The minimum Gasteiger partial charge on any atom is -0.480 e. The van der Waals surface area contributed by atoms with Crippen molar-refractivity contribution in [3.8, 4) is 0 Å². The van der Waals surface area contributed by atoms with Crippen LogP contribution < -0.4 is 16.4 Å². The van der Waals surface area contributed by atoms with Gasteiger partial charge in [-0.1, -0.05) is 78.1 Å². The quantitative estimate of drug-likeness (QED) is 0.143. The van der Waals surface area contributed by atoms with Crippen LogP contribution in [0.4, 0.5) is 0 Å². The minimum atomic E-state index is -1.13. The molecule has 35 heavy (non-hydrogen) atoms. The van der Waals surface area contributed by atoms with Gasteiger partial charge in [-0.25, -0.2) is 4.79 Å². The normalized spacial score (nSPS) is 12.7. The minimum absolute atomic E-state index is 0.0313. The van der Waals surface area contributed by atoms with Crippen LogP contribution in [0, 0.1) is 0 Å². The summed E-state index contributed by atoms with van der Waals surface area (Å²) in [7, 11) is 0. The molecule has 0 spiro atoms. The van der Waals surface area contributed by atoms with Gasteiger partial charge in [-0.15, -0.1) is 0 Å². The third-order valence-electron chi connectivity index (χ3n) is 6.33. The number of carboxylic acid groups (broad SMARTS) is 1. The van der Waals surface area contributed by atoms with Crippen molar-refractivity contribution < 1.29 is 24.3 Å². The van der Waals surface area contributed by atoms with Crippen molar-refractivity contribution >= 4 is 23.6 Å². The first-order valence-corrected chi connectivity index (χ1v) is 13.9. The number of amides is 2. The molecule has 8 heteroatoms. The third-order valence-corrected chi connectivity index (χ3v) is 6.33. The molecule has 0 aliphatic heterocycles. The lowest BCUT2D eigenvalue weighted by Gasteiger charge is -2.14. The van der Waals surface area contributed by atoms with Crippen molar-refractivity contribution in [2.45, 2.75) is 142 Å². The Bertz CT molecular complexity index is 597. The molecule has 2 amide bonds. The van der Waals surface area contributed by atoms with Gasteiger partial charge in [0.2, 0.25) is 11.8 Å². The molecule has 0 heterocycles.